The number of hydrogen-bond acceptors (Lipinski definition) is 1. The van der Waals surface area contributed by atoms with Gasteiger partial charge in [0.05, 0.1) is 0 Å². The lowest BCUT2D eigenvalue weighted by Gasteiger charge is -2.32. The second-order valence-electron chi connectivity index (χ2n) is 7.10. The minimum Gasteiger partial charge on any atom is -0.303 e. The lowest BCUT2D eigenvalue weighted by Crippen LogP contribution is -2.22. The molecule has 2 aliphatic rings. The second kappa shape index (κ2) is 5.44. The van der Waals surface area contributed by atoms with Crippen LogP contribution in [0.3, 0.4) is 0 Å². The van der Waals surface area contributed by atoms with Gasteiger partial charge < -0.3 is 4.79 Å². The van der Waals surface area contributed by atoms with E-state index in [1.807, 2.05) is 13.8 Å². The molecule has 2 atom stereocenters. The van der Waals surface area contributed by atoms with Gasteiger partial charge in [-0.25, -0.2) is 0 Å². The maximum absolute atomic E-state index is 11.0. The summed E-state index contributed by atoms with van der Waals surface area (Å²) in [4.78, 5) is 11.0. The third kappa shape index (κ3) is 2.59. The van der Waals surface area contributed by atoms with Gasteiger partial charge in [-0.2, -0.15) is 0 Å². The van der Waals surface area contributed by atoms with Gasteiger partial charge in [0.15, 0.2) is 0 Å². The molecule has 1 nitrogen and oxygen atoms in total. The molecule has 3 rings (SSSR count). The van der Waals surface area contributed by atoms with Crippen LogP contribution >= 0.6 is 0 Å². The van der Waals surface area contributed by atoms with E-state index in [2.05, 4.69) is 52.0 Å². The molecule has 21 heavy (non-hydrogen) atoms. The Balaban J connectivity index is 0.000000774. The molecule has 0 radical (unpaired) electrons. The zero-order chi connectivity index (χ0) is 15.8. The molecule has 1 aromatic rings. The third-order valence-electron chi connectivity index (χ3n) is 5.22. The Bertz CT molecular complexity index is 580. The first-order valence-electron chi connectivity index (χ1n) is 8.16. The highest BCUT2D eigenvalue weighted by Gasteiger charge is 2.51. The van der Waals surface area contributed by atoms with Crippen LogP contribution in [0.1, 0.15) is 71.1 Å². The fourth-order valence-corrected chi connectivity index (χ4v) is 3.37. The molecule has 0 bridgehead atoms. The van der Waals surface area contributed by atoms with Crippen molar-refractivity contribution in [1.82, 2.24) is 0 Å². The van der Waals surface area contributed by atoms with Crippen molar-refractivity contribution in [1.29, 1.82) is 0 Å². The van der Waals surface area contributed by atoms with Gasteiger partial charge in [0.1, 0.15) is 6.29 Å². The predicted molar refractivity (Wildman–Crippen MR) is 90.6 cm³/mol. The number of rotatable bonds is 2. The van der Waals surface area contributed by atoms with E-state index in [4.69, 9.17) is 0 Å². The zero-order valence-electron chi connectivity index (χ0n) is 14.3. The maximum atomic E-state index is 11.0. The molecule has 0 amide bonds. The van der Waals surface area contributed by atoms with E-state index in [0.29, 0.717) is 0 Å². The monoisotopic (exact) mass is 284 g/mol. The average molecular weight is 284 g/mol. The van der Waals surface area contributed by atoms with Gasteiger partial charge in [0.2, 0.25) is 0 Å². The van der Waals surface area contributed by atoms with Crippen molar-refractivity contribution < 1.29 is 4.79 Å². The Morgan fingerprint density at radius 3 is 2.43 bits per heavy atom. The van der Waals surface area contributed by atoms with Crippen molar-refractivity contribution in [3.63, 3.8) is 0 Å². The number of aldehydes is 1. The van der Waals surface area contributed by atoms with E-state index in [1.54, 1.807) is 0 Å². The molecule has 0 N–H and O–H groups in total. The molecular formula is C20H28O. The maximum Gasteiger partial charge on any atom is 0.123 e. The van der Waals surface area contributed by atoms with E-state index in [0.717, 1.165) is 19.1 Å². The summed E-state index contributed by atoms with van der Waals surface area (Å²) in [5.74, 6) is 0.214. The lowest BCUT2D eigenvalue weighted by atomic mass is 9.72. The van der Waals surface area contributed by atoms with E-state index in [9.17, 15) is 4.79 Å². The van der Waals surface area contributed by atoms with Gasteiger partial charge >= 0.3 is 0 Å². The van der Waals surface area contributed by atoms with Crippen molar-refractivity contribution in [3.05, 3.63) is 41.0 Å². The topological polar surface area (TPSA) is 17.1 Å². The molecule has 0 aliphatic heterocycles. The number of fused-ring (bicyclic) bond motifs is 1. The highest BCUT2D eigenvalue weighted by atomic mass is 16.1. The summed E-state index contributed by atoms with van der Waals surface area (Å²) < 4.78 is 0. The van der Waals surface area contributed by atoms with Gasteiger partial charge in [-0.1, -0.05) is 58.9 Å². The van der Waals surface area contributed by atoms with Crippen LogP contribution in [0.15, 0.2) is 24.3 Å². The SMILES string of the molecule is CC.CC1=CCC(C)(C)c2ccc([C@@]3(C)CC3C=O)cc21. The highest BCUT2D eigenvalue weighted by Crippen LogP contribution is 2.53. The number of carbonyl (C=O) groups is 1. The fraction of sp³-hybridized carbons (Fsp3) is 0.550. The van der Waals surface area contributed by atoms with E-state index in [-0.39, 0.29) is 16.7 Å². The first-order valence-corrected chi connectivity index (χ1v) is 8.16. The molecule has 0 saturated heterocycles. The standard InChI is InChI=1S/C18H22O.C2H6/c1-12-7-8-17(2,3)16-6-5-13(9-15(12)16)18(4)10-14(18)11-19;1-2/h5-7,9,11,14H,8,10H2,1-4H3;1-2H3/t14?,18-;/m1./s1. The van der Waals surface area contributed by atoms with Gasteiger partial charge in [0.25, 0.3) is 0 Å². The summed E-state index contributed by atoms with van der Waals surface area (Å²) in [5, 5.41) is 0. The smallest absolute Gasteiger partial charge is 0.123 e. The fourth-order valence-electron chi connectivity index (χ4n) is 3.37. The van der Waals surface area contributed by atoms with Gasteiger partial charge in [0, 0.05) is 11.3 Å². The van der Waals surface area contributed by atoms with E-state index in [1.165, 1.54) is 22.3 Å². The predicted octanol–water partition coefficient (Wildman–Crippen LogP) is 5.27. The quantitative estimate of drug-likeness (QED) is 0.676. The van der Waals surface area contributed by atoms with Crippen LogP contribution in [-0.4, -0.2) is 6.29 Å². The van der Waals surface area contributed by atoms with Gasteiger partial charge in [-0.15, -0.1) is 0 Å². The van der Waals surface area contributed by atoms with E-state index < -0.39 is 0 Å². The number of carbonyl (C=O) groups excluding carboxylic acids is 1. The summed E-state index contributed by atoms with van der Waals surface area (Å²) in [6.45, 7) is 13.0. The number of allylic oxidation sites excluding steroid dienone is 2. The molecule has 0 heterocycles. The Morgan fingerprint density at radius 1 is 1.19 bits per heavy atom. The first-order chi connectivity index (χ1) is 9.88. The Morgan fingerprint density at radius 2 is 1.86 bits per heavy atom. The molecule has 0 aromatic heterocycles. The van der Waals surface area contributed by atoms with Crippen LogP contribution < -0.4 is 0 Å². The molecule has 1 fully saturated rings. The number of hydrogen-bond donors (Lipinski definition) is 0. The van der Waals surface area contributed by atoms with Crippen LogP contribution in [0.5, 0.6) is 0 Å². The average Bonchev–Trinajstić information content (AvgIpc) is 3.18. The summed E-state index contributed by atoms with van der Waals surface area (Å²) in [6, 6.07) is 6.85. The Hall–Kier alpha value is -1.37. The largest absolute Gasteiger partial charge is 0.303 e. The molecule has 1 unspecified atom stereocenters. The molecule has 114 valence electrons. The van der Waals surface area contributed by atoms with Crippen LogP contribution in [-0.2, 0) is 15.6 Å². The summed E-state index contributed by atoms with van der Waals surface area (Å²) in [6.07, 6.45) is 5.57. The van der Waals surface area contributed by atoms with Crippen LogP contribution in [0.25, 0.3) is 5.57 Å². The first kappa shape index (κ1) is 16.0. The van der Waals surface area contributed by atoms with Crippen molar-refractivity contribution in [3.8, 4) is 0 Å². The van der Waals surface area contributed by atoms with Crippen LogP contribution in [0.2, 0.25) is 0 Å². The summed E-state index contributed by atoms with van der Waals surface area (Å²) in [7, 11) is 0. The van der Waals surface area contributed by atoms with E-state index >= 15 is 0 Å². The summed E-state index contributed by atoms with van der Waals surface area (Å²) in [5.41, 5.74) is 5.84. The van der Waals surface area contributed by atoms with Crippen molar-refractivity contribution in [2.24, 2.45) is 5.92 Å². The van der Waals surface area contributed by atoms with Crippen LogP contribution in [0, 0.1) is 5.92 Å². The van der Waals surface area contributed by atoms with Crippen molar-refractivity contribution >= 4 is 11.9 Å². The molecule has 1 heteroatoms. The molecular weight excluding hydrogens is 256 g/mol. The van der Waals surface area contributed by atoms with Crippen molar-refractivity contribution in [2.45, 2.75) is 65.2 Å². The zero-order valence-corrected chi connectivity index (χ0v) is 14.3. The number of benzene rings is 1. The minimum atomic E-state index is 0.0820. The molecule has 2 aliphatic carbocycles. The molecule has 0 spiro atoms. The van der Waals surface area contributed by atoms with Crippen molar-refractivity contribution in [2.75, 3.05) is 0 Å². The molecule has 1 saturated carbocycles. The summed E-state index contributed by atoms with van der Waals surface area (Å²) >= 11 is 0. The normalized spacial score (nSPS) is 28.7. The minimum absolute atomic E-state index is 0.0820. The Kier molecular flexibility index (Phi) is 4.15. The lowest BCUT2D eigenvalue weighted by molar-refractivity contribution is -0.109. The Labute approximate surface area is 129 Å². The highest BCUT2D eigenvalue weighted by molar-refractivity contribution is 5.72. The van der Waals surface area contributed by atoms with Crippen LogP contribution in [0.4, 0.5) is 0 Å². The second-order valence-corrected chi connectivity index (χ2v) is 7.10. The molecule has 1 aromatic carbocycles. The van der Waals surface area contributed by atoms with Gasteiger partial charge in [-0.3, -0.25) is 0 Å². The third-order valence-corrected chi connectivity index (χ3v) is 5.22. The van der Waals surface area contributed by atoms with Gasteiger partial charge in [-0.05, 0) is 47.4 Å².